The van der Waals surface area contributed by atoms with Crippen LogP contribution in [0.5, 0.6) is 0 Å². The van der Waals surface area contributed by atoms with Gasteiger partial charge < -0.3 is 0 Å². The van der Waals surface area contributed by atoms with Gasteiger partial charge >= 0.3 is 8.25 Å². The van der Waals surface area contributed by atoms with Gasteiger partial charge in [0.25, 0.3) is 0 Å². The average Bonchev–Trinajstić information content (AvgIpc) is 2.53. The van der Waals surface area contributed by atoms with Crippen LogP contribution < -0.4 is 0 Å². The zero-order valence-corrected chi connectivity index (χ0v) is 13.8. The molecule has 0 amide bonds. The fourth-order valence-electron chi connectivity index (χ4n) is 2.42. The van der Waals surface area contributed by atoms with Crippen molar-refractivity contribution in [2.45, 2.75) is 36.9 Å². The smallest absolute Gasteiger partial charge is 0.127 e. The zero-order valence-electron chi connectivity index (χ0n) is 9.84. The van der Waals surface area contributed by atoms with E-state index in [0.717, 1.165) is 0 Å². The van der Waals surface area contributed by atoms with Crippen molar-refractivity contribution in [3.63, 3.8) is 0 Å². The van der Waals surface area contributed by atoms with Gasteiger partial charge in [0, 0.05) is 28.1 Å². The van der Waals surface area contributed by atoms with E-state index in [4.69, 9.17) is 55.5 Å². The van der Waals surface area contributed by atoms with Crippen molar-refractivity contribution in [3.8, 4) is 0 Å². The topological polar surface area (TPSA) is 35.5 Å². The molecule has 0 aromatic rings. The van der Waals surface area contributed by atoms with Gasteiger partial charge in [-0.05, 0) is 25.7 Å². The highest BCUT2D eigenvalue weighted by atomic mass is 35.5. The molecular formula is C10H16Cl4O3P+. The molecule has 0 unspecified atom stereocenters. The fourth-order valence-corrected chi connectivity index (χ4v) is 4.95. The van der Waals surface area contributed by atoms with Gasteiger partial charge in [0.2, 0.25) is 0 Å². The third kappa shape index (κ3) is 3.44. The zero-order chi connectivity index (χ0) is 13.6. The lowest BCUT2D eigenvalue weighted by molar-refractivity contribution is -0.0578. The minimum absolute atomic E-state index is 0.371. The van der Waals surface area contributed by atoms with Crippen LogP contribution in [0.3, 0.4) is 0 Å². The van der Waals surface area contributed by atoms with E-state index >= 15 is 0 Å². The van der Waals surface area contributed by atoms with Crippen LogP contribution in [0, 0.1) is 0 Å². The van der Waals surface area contributed by atoms with E-state index in [2.05, 4.69) is 0 Å². The monoisotopic (exact) mass is 355 g/mol. The minimum atomic E-state index is -2.17. The molecule has 0 atom stereocenters. The Bertz CT molecular complexity index is 252. The van der Waals surface area contributed by atoms with Crippen LogP contribution in [0.1, 0.15) is 25.7 Å². The van der Waals surface area contributed by atoms with Crippen molar-refractivity contribution >= 4 is 54.7 Å². The van der Waals surface area contributed by atoms with Gasteiger partial charge in [-0.3, -0.25) is 0 Å². The molecule has 0 saturated carbocycles. The quantitative estimate of drug-likeness (QED) is 0.467. The van der Waals surface area contributed by atoms with Crippen molar-refractivity contribution in [1.82, 2.24) is 0 Å². The second-order valence-electron chi connectivity index (χ2n) is 4.15. The lowest BCUT2D eigenvalue weighted by Gasteiger charge is -2.36. The summed E-state index contributed by atoms with van der Waals surface area (Å²) in [6.07, 6.45) is 2.04. The summed E-state index contributed by atoms with van der Waals surface area (Å²) in [4.78, 5) is 0. The normalized spacial score (nSPS) is 21.4. The molecule has 1 saturated heterocycles. The van der Waals surface area contributed by atoms with E-state index in [1.807, 2.05) is 0 Å². The molecule has 0 radical (unpaired) electrons. The summed E-state index contributed by atoms with van der Waals surface area (Å²) < 4.78 is 22.8. The SMILES string of the molecule is O=[P+]1OC(CCCl)(CCCl)C(CCCl)(CCCl)O1. The second-order valence-corrected chi connectivity index (χ2v) is 6.47. The molecule has 0 N–H and O–H groups in total. The third-order valence-corrected chi connectivity index (χ3v) is 5.08. The lowest BCUT2D eigenvalue weighted by atomic mass is 9.75. The molecule has 3 nitrogen and oxygen atoms in total. The number of rotatable bonds is 8. The molecule has 106 valence electrons. The maximum atomic E-state index is 11.7. The second kappa shape index (κ2) is 7.83. The maximum Gasteiger partial charge on any atom is 0.698 e. The molecule has 1 heterocycles. The van der Waals surface area contributed by atoms with Crippen molar-refractivity contribution in [3.05, 3.63) is 0 Å². The van der Waals surface area contributed by atoms with E-state index in [1.165, 1.54) is 0 Å². The molecule has 1 aliphatic rings. The van der Waals surface area contributed by atoms with Crippen molar-refractivity contribution < 1.29 is 13.6 Å². The molecule has 1 rings (SSSR count). The summed E-state index contributed by atoms with van der Waals surface area (Å²) in [6.45, 7) is 0. The van der Waals surface area contributed by atoms with Crippen molar-refractivity contribution in [2.24, 2.45) is 0 Å². The van der Waals surface area contributed by atoms with Gasteiger partial charge in [0.15, 0.2) is 11.2 Å². The molecule has 18 heavy (non-hydrogen) atoms. The van der Waals surface area contributed by atoms with Gasteiger partial charge in [-0.25, -0.2) is 0 Å². The minimum Gasteiger partial charge on any atom is -0.127 e. The average molecular weight is 357 g/mol. The third-order valence-electron chi connectivity index (χ3n) is 3.32. The van der Waals surface area contributed by atoms with Gasteiger partial charge in [-0.1, -0.05) is 0 Å². The lowest BCUT2D eigenvalue weighted by Crippen LogP contribution is -2.53. The van der Waals surface area contributed by atoms with Gasteiger partial charge in [0.05, 0.1) is 0 Å². The van der Waals surface area contributed by atoms with Crippen LogP contribution >= 0.6 is 54.7 Å². The van der Waals surface area contributed by atoms with Gasteiger partial charge in [-0.15, -0.1) is 55.5 Å². The highest BCUT2D eigenvalue weighted by molar-refractivity contribution is 7.33. The first-order valence-electron chi connectivity index (χ1n) is 5.69. The summed E-state index contributed by atoms with van der Waals surface area (Å²) in [5.41, 5.74) is -1.51. The predicted octanol–water partition coefficient (Wildman–Crippen LogP) is 4.68. The Balaban J connectivity index is 3.09. The van der Waals surface area contributed by atoms with E-state index in [-0.39, 0.29) is 0 Å². The van der Waals surface area contributed by atoms with Crippen LogP contribution in [0.25, 0.3) is 0 Å². The molecule has 1 fully saturated rings. The van der Waals surface area contributed by atoms with Crippen molar-refractivity contribution in [1.29, 1.82) is 0 Å². The standard InChI is InChI=1S/C10H16Cl4O3P/c11-5-1-9(2-6-12)10(3-7-13,4-8-14)17-18(15)16-9/h1-8H2/q+1. The number of hydrogen-bond acceptors (Lipinski definition) is 3. The first kappa shape index (κ1) is 17.2. The fraction of sp³-hybridized carbons (Fsp3) is 1.00. The molecule has 0 aromatic carbocycles. The van der Waals surface area contributed by atoms with Crippen LogP contribution in [-0.4, -0.2) is 34.7 Å². The Morgan fingerprint density at radius 3 is 1.22 bits per heavy atom. The first-order valence-corrected chi connectivity index (χ1v) is 8.92. The molecule has 0 aromatic heterocycles. The first-order chi connectivity index (χ1) is 8.59. The Morgan fingerprint density at radius 2 is 1.00 bits per heavy atom. The molecular weight excluding hydrogens is 341 g/mol. The summed E-state index contributed by atoms with van der Waals surface area (Å²) in [6, 6.07) is 0. The Labute approximate surface area is 128 Å². The summed E-state index contributed by atoms with van der Waals surface area (Å²) in [7, 11) is -2.17. The summed E-state index contributed by atoms with van der Waals surface area (Å²) in [5, 5.41) is 0. The molecule has 0 spiro atoms. The van der Waals surface area contributed by atoms with Crippen LogP contribution in [0.2, 0.25) is 0 Å². The molecule has 0 aliphatic carbocycles. The van der Waals surface area contributed by atoms with Crippen LogP contribution in [-0.2, 0) is 13.6 Å². The van der Waals surface area contributed by atoms with Gasteiger partial charge in [-0.2, -0.15) is 0 Å². The molecule has 8 heteroatoms. The predicted molar refractivity (Wildman–Crippen MR) is 76.6 cm³/mol. The Kier molecular flexibility index (Phi) is 7.49. The van der Waals surface area contributed by atoms with E-state index in [9.17, 15) is 4.57 Å². The largest absolute Gasteiger partial charge is 0.698 e. The Hall–Kier alpha value is 1.18. The van der Waals surface area contributed by atoms with Gasteiger partial charge in [0.1, 0.15) is 0 Å². The molecule has 1 aliphatic heterocycles. The van der Waals surface area contributed by atoms with E-state index < -0.39 is 19.5 Å². The maximum absolute atomic E-state index is 11.7. The molecule has 0 bridgehead atoms. The van der Waals surface area contributed by atoms with E-state index in [0.29, 0.717) is 49.2 Å². The van der Waals surface area contributed by atoms with Crippen molar-refractivity contribution in [2.75, 3.05) is 23.5 Å². The highest BCUT2D eigenvalue weighted by Crippen LogP contribution is 2.58. The highest BCUT2D eigenvalue weighted by Gasteiger charge is 2.67. The van der Waals surface area contributed by atoms with Crippen LogP contribution in [0.4, 0.5) is 0 Å². The van der Waals surface area contributed by atoms with E-state index in [1.54, 1.807) is 0 Å². The number of halogens is 4. The van der Waals surface area contributed by atoms with Crippen LogP contribution in [0.15, 0.2) is 0 Å². The number of alkyl halides is 4. The Morgan fingerprint density at radius 1 is 0.722 bits per heavy atom. The number of hydrogen-bond donors (Lipinski definition) is 0. The summed E-state index contributed by atoms with van der Waals surface area (Å²) in [5.74, 6) is 1.48. The summed E-state index contributed by atoms with van der Waals surface area (Å²) >= 11 is 23.4.